The van der Waals surface area contributed by atoms with E-state index in [1.165, 1.54) is 23.5 Å². The predicted molar refractivity (Wildman–Crippen MR) is 111 cm³/mol. The molecule has 0 atom stereocenters. The first-order valence-electron chi connectivity index (χ1n) is 8.09. The first-order chi connectivity index (χ1) is 12.9. The molecule has 0 heterocycles. The lowest BCUT2D eigenvalue weighted by Gasteiger charge is -2.19. The third-order valence-corrected chi connectivity index (χ3v) is 6.29. The number of nitrogens with one attached hydrogen (secondary N) is 1. The fourth-order valence-corrected chi connectivity index (χ4v) is 3.98. The molecular weight excluding hydrogens is 428 g/mol. The molecule has 0 aromatic heterocycles. The minimum Gasteiger partial charge on any atom is -0.322 e. The molecule has 5 nitrogen and oxygen atoms in total. The molecule has 0 bridgehead atoms. The number of halogens is 1. The largest absolute Gasteiger partial charge is 0.322 e. The quantitative estimate of drug-likeness (QED) is 0.628. The Labute approximate surface area is 166 Å². The second-order valence-electron chi connectivity index (χ2n) is 5.80. The van der Waals surface area contributed by atoms with E-state index in [1.807, 2.05) is 6.07 Å². The third kappa shape index (κ3) is 4.37. The number of carbonyl (C=O) groups is 1. The number of anilines is 2. The number of carbonyl (C=O) groups excluding carboxylic acids is 1. The van der Waals surface area contributed by atoms with Gasteiger partial charge in [-0.1, -0.05) is 40.2 Å². The SMILES string of the molecule is CN(c1ccccc1)S(=O)(=O)c1cccc(NC(=O)c2ccc(Br)cc2)c1. The van der Waals surface area contributed by atoms with E-state index in [-0.39, 0.29) is 10.8 Å². The highest BCUT2D eigenvalue weighted by atomic mass is 79.9. The second-order valence-corrected chi connectivity index (χ2v) is 8.68. The van der Waals surface area contributed by atoms with E-state index in [9.17, 15) is 13.2 Å². The van der Waals surface area contributed by atoms with Gasteiger partial charge in [-0.05, 0) is 54.6 Å². The van der Waals surface area contributed by atoms with Crippen LogP contribution in [0.3, 0.4) is 0 Å². The van der Waals surface area contributed by atoms with Crippen LogP contribution in [0.15, 0.2) is 88.2 Å². The van der Waals surface area contributed by atoms with E-state index >= 15 is 0 Å². The molecule has 0 aliphatic heterocycles. The average Bonchev–Trinajstić information content (AvgIpc) is 2.68. The normalized spacial score (nSPS) is 11.0. The van der Waals surface area contributed by atoms with Gasteiger partial charge in [-0.25, -0.2) is 8.42 Å². The van der Waals surface area contributed by atoms with Gasteiger partial charge in [0.05, 0.1) is 10.6 Å². The summed E-state index contributed by atoms with van der Waals surface area (Å²) in [6.45, 7) is 0. The molecular formula is C20H17BrN2O3S. The van der Waals surface area contributed by atoms with Crippen molar-refractivity contribution in [1.29, 1.82) is 0 Å². The number of benzene rings is 3. The van der Waals surface area contributed by atoms with Crippen molar-refractivity contribution in [3.63, 3.8) is 0 Å². The zero-order valence-corrected chi connectivity index (χ0v) is 16.9. The third-order valence-electron chi connectivity index (χ3n) is 3.98. The molecule has 0 saturated heterocycles. The lowest BCUT2D eigenvalue weighted by molar-refractivity contribution is 0.102. The summed E-state index contributed by atoms with van der Waals surface area (Å²) in [6.07, 6.45) is 0. The van der Waals surface area contributed by atoms with Gasteiger partial charge in [0.2, 0.25) is 0 Å². The van der Waals surface area contributed by atoms with E-state index in [0.29, 0.717) is 16.9 Å². The summed E-state index contributed by atoms with van der Waals surface area (Å²) >= 11 is 3.32. The van der Waals surface area contributed by atoms with Crippen molar-refractivity contribution in [2.45, 2.75) is 4.90 Å². The minimum absolute atomic E-state index is 0.0995. The molecule has 0 aliphatic carbocycles. The maximum atomic E-state index is 12.9. The predicted octanol–water partition coefficient (Wildman–Crippen LogP) is 4.53. The number of sulfonamides is 1. The van der Waals surface area contributed by atoms with Crippen molar-refractivity contribution in [1.82, 2.24) is 0 Å². The monoisotopic (exact) mass is 444 g/mol. The first kappa shape index (κ1) is 19.1. The molecule has 0 fully saturated rings. The van der Waals surface area contributed by atoms with Crippen molar-refractivity contribution < 1.29 is 13.2 Å². The van der Waals surface area contributed by atoms with Crippen molar-refractivity contribution in [3.05, 3.63) is 88.9 Å². The van der Waals surface area contributed by atoms with Gasteiger partial charge in [0, 0.05) is 22.8 Å². The molecule has 0 aliphatic rings. The summed E-state index contributed by atoms with van der Waals surface area (Å²) in [5.74, 6) is -0.312. The number of para-hydroxylation sites is 1. The Balaban J connectivity index is 1.84. The molecule has 27 heavy (non-hydrogen) atoms. The van der Waals surface area contributed by atoms with Crippen LogP contribution >= 0.6 is 15.9 Å². The summed E-state index contributed by atoms with van der Waals surface area (Å²) in [5.41, 5.74) is 1.44. The van der Waals surface area contributed by atoms with Crippen LogP contribution in [0.4, 0.5) is 11.4 Å². The van der Waals surface area contributed by atoms with Crippen LogP contribution in [-0.4, -0.2) is 21.4 Å². The zero-order valence-electron chi connectivity index (χ0n) is 14.5. The van der Waals surface area contributed by atoms with Crippen LogP contribution in [0.5, 0.6) is 0 Å². The van der Waals surface area contributed by atoms with Gasteiger partial charge in [-0.3, -0.25) is 9.10 Å². The molecule has 3 aromatic carbocycles. The topological polar surface area (TPSA) is 66.5 Å². The van der Waals surface area contributed by atoms with E-state index in [4.69, 9.17) is 0 Å². The van der Waals surface area contributed by atoms with Gasteiger partial charge in [-0.15, -0.1) is 0 Å². The van der Waals surface area contributed by atoms with E-state index < -0.39 is 10.0 Å². The number of amides is 1. The summed E-state index contributed by atoms with van der Waals surface area (Å²) in [6, 6.07) is 21.9. The van der Waals surface area contributed by atoms with Gasteiger partial charge < -0.3 is 5.32 Å². The molecule has 0 saturated carbocycles. The summed E-state index contributed by atoms with van der Waals surface area (Å²) in [5, 5.41) is 2.73. The Morgan fingerprint density at radius 2 is 1.59 bits per heavy atom. The maximum Gasteiger partial charge on any atom is 0.264 e. The zero-order chi connectivity index (χ0) is 19.4. The Hall–Kier alpha value is -2.64. The standard InChI is InChI=1S/C20H17BrN2O3S/c1-23(18-7-3-2-4-8-18)27(25,26)19-9-5-6-17(14-19)22-20(24)15-10-12-16(21)13-11-15/h2-14H,1H3,(H,22,24). The summed E-state index contributed by atoms with van der Waals surface area (Å²) < 4.78 is 27.9. The summed E-state index contributed by atoms with van der Waals surface area (Å²) in [4.78, 5) is 12.5. The number of hydrogen-bond donors (Lipinski definition) is 1. The minimum atomic E-state index is -3.74. The lowest BCUT2D eigenvalue weighted by Crippen LogP contribution is -2.26. The molecule has 0 unspecified atom stereocenters. The van der Waals surface area contributed by atoms with Crippen LogP contribution in [0.1, 0.15) is 10.4 Å². The van der Waals surface area contributed by atoms with Crippen LogP contribution in [0.25, 0.3) is 0 Å². The Bertz CT molecular complexity index is 1050. The van der Waals surface area contributed by atoms with Crippen molar-refractivity contribution in [2.24, 2.45) is 0 Å². The average molecular weight is 445 g/mol. The molecule has 1 N–H and O–H groups in total. The van der Waals surface area contributed by atoms with Gasteiger partial charge in [0.15, 0.2) is 0 Å². The van der Waals surface area contributed by atoms with Crippen LogP contribution in [0, 0.1) is 0 Å². The molecule has 0 radical (unpaired) electrons. The van der Waals surface area contributed by atoms with Crippen LogP contribution < -0.4 is 9.62 Å². The van der Waals surface area contributed by atoms with Crippen molar-refractivity contribution >= 4 is 43.2 Å². The van der Waals surface area contributed by atoms with Crippen molar-refractivity contribution in [2.75, 3.05) is 16.7 Å². The van der Waals surface area contributed by atoms with E-state index in [1.54, 1.807) is 60.7 Å². The van der Waals surface area contributed by atoms with E-state index in [0.717, 1.165) is 4.47 Å². The highest BCUT2D eigenvalue weighted by Crippen LogP contribution is 2.24. The summed E-state index contributed by atoms with van der Waals surface area (Å²) in [7, 11) is -2.25. The highest BCUT2D eigenvalue weighted by Gasteiger charge is 2.21. The van der Waals surface area contributed by atoms with Crippen LogP contribution in [-0.2, 0) is 10.0 Å². The number of rotatable bonds is 5. The maximum absolute atomic E-state index is 12.9. The van der Waals surface area contributed by atoms with Gasteiger partial charge >= 0.3 is 0 Å². The van der Waals surface area contributed by atoms with Crippen molar-refractivity contribution in [3.8, 4) is 0 Å². The first-order valence-corrected chi connectivity index (χ1v) is 10.3. The molecule has 0 spiro atoms. The van der Waals surface area contributed by atoms with Gasteiger partial charge in [0.25, 0.3) is 15.9 Å². The van der Waals surface area contributed by atoms with Crippen LogP contribution in [0.2, 0.25) is 0 Å². The Morgan fingerprint density at radius 1 is 0.926 bits per heavy atom. The fraction of sp³-hybridized carbons (Fsp3) is 0.0500. The molecule has 7 heteroatoms. The molecule has 3 aromatic rings. The van der Waals surface area contributed by atoms with E-state index in [2.05, 4.69) is 21.2 Å². The molecule has 1 amide bonds. The Kier molecular flexibility index (Phi) is 5.62. The fourth-order valence-electron chi connectivity index (χ4n) is 2.47. The Morgan fingerprint density at radius 3 is 2.26 bits per heavy atom. The number of hydrogen-bond acceptors (Lipinski definition) is 3. The lowest BCUT2D eigenvalue weighted by atomic mass is 10.2. The number of nitrogens with zero attached hydrogens (tertiary/aromatic N) is 1. The molecule has 3 rings (SSSR count). The van der Waals surface area contributed by atoms with Gasteiger partial charge in [0.1, 0.15) is 0 Å². The smallest absolute Gasteiger partial charge is 0.264 e. The van der Waals surface area contributed by atoms with Gasteiger partial charge in [-0.2, -0.15) is 0 Å². The molecule has 138 valence electrons. The second kappa shape index (κ2) is 7.94. The highest BCUT2D eigenvalue weighted by molar-refractivity contribution is 9.10.